The van der Waals surface area contributed by atoms with Gasteiger partial charge in [0.05, 0.1) is 0 Å². The first kappa shape index (κ1) is 25.5. The van der Waals surface area contributed by atoms with Gasteiger partial charge in [-0.2, -0.15) is 0 Å². The fourth-order valence-corrected chi connectivity index (χ4v) is 20.3. The Hall–Kier alpha value is 0.860. The summed E-state index contributed by atoms with van der Waals surface area (Å²) in [6.07, 6.45) is 33.3. The van der Waals surface area contributed by atoms with Gasteiger partial charge in [0.1, 0.15) is 0 Å². The zero-order valence-electron chi connectivity index (χ0n) is 22.4. The van der Waals surface area contributed by atoms with Gasteiger partial charge >= 0.3 is 0 Å². The Labute approximate surface area is 210 Å². The van der Waals surface area contributed by atoms with Gasteiger partial charge in [-0.25, -0.2) is 0 Å². The van der Waals surface area contributed by atoms with E-state index in [0.717, 1.165) is 17.2 Å². The molecule has 5 fully saturated rings. The van der Waals surface area contributed by atoms with Crippen LogP contribution in [-0.4, -0.2) is 34.0 Å². The van der Waals surface area contributed by atoms with Gasteiger partial charge in [0.15, 0.2) is 0 Å². The van der Waals surface area contributed by atoms with Crippen LogP contribution in [0.15, 0.2) is 0 Å². The second-order valence-corrected chi connectivity index (χ2v) is 18.8. The minimum atomic E-state index is 0.238. The molecule has 0 saturated heterocycles. The molecule has 2 heteroatoms. The van der Waals surface area contributed by atoms with E-state index >= 15 is 0 Å². The highest BCUT2D eigenvalue weighted by molar-refractivity contribution is 7.64. The first-order valence-corrected chi connectivity index (χ1v) is 19.0. The van der Waals surface area contributed by atoms with Gasteiger partial charge in [-0.1, -0.05) is 93.9 Å². The van der Waals surface area contributed by atoms with Crippen LogP contribution in [0.4, 0.5) is 0 Å². The fraction of sp³-hybridized carbons (Fsp3) is 1.00. The van der Waals surface area contributed by atoms with Crippen molar-refractivity contribution in [2.45, 2.75) is 183 Å². The molecular formula is C31H56P2. The van der Waals surface area contributed by atoms with Crippen LogP contribution in [-0.2, 0) is 0 Å². The summed E-state index contributed by atoms with van der Waals surface area (Å²) in [7, 11) is 0.510. The van der Waals surface area contributed by atoms with E-state index in [1.807, 2.05) is 0 Å². The maximum absolute atomic E-state index is 2.59. The normalized spacial score (nSPS) is 36.5. The first-order chi connectivity index (χ1) is 16.3. The van der Waals surface area contributed by atoms with Crippen LogP contribution in [0.25, 0.3) is 0 Å². The van der Waals surface area contributed by atoms with Gasteiger partial charge in [-0.3, -0.25) is 0 Å². The van der Waals surface area contributed by atoms with Crippen molar-refractivity contribution >= 4 is 15.8 Å². The van der Waals surface area contributed by atoms with E-state index in [2.05, 4.69) is 13.8 Å². The topological polar surface area (TPSA) is 0 Å². The third kappa shape index (κ3) is 5.58. The van der Waals surface area contributed by atoms with Gasteiger partial charge < -0.3 is 0 Å². The van der Waals surface area contributed by atoms with Crippen molar-refractivity contribution in [3.63, 3.8) is 0 Å². The van der Waals surface area contributed by atoms with E-state index in [-0.39, 0.29) is 15.8 Å². The Morgan fingerprint density at radius 3 is 1.55 bits per heavy atom. The highest BCUT2D eigenvalue weighted by Crippen LogP contribution is 2.75. The standard InChI is InChI=1S/C31H56P2/c1-3-14-26(4-2)32(27-15-8-5-9-16-27)30-24-21-22-25(23-24)31(30)33(28-17-10-6-11-18-28)29-19-12-7-13-20-29/h24-31H,3-23H2,1-2H3. The lowest BCUT2D eigenvalue weighted by molar-refractivity contribution is 0.446. The Bertz CT molecular complexity index is 505. The molecule has 0 aromatic heterocycles. The largest absolute Gasteiger partial charge is 0.0962 e. The number of hydrogen-bond acceptors (Lipinski definition) is 0. The molecule has 6 atom stereocenters. The molecule has 2 bridgehead atoms. The Kier molecular flexibility index (Phi) is 9.59. The van der Waals surface area contributed by atoms with Crippen LogP contribution in [0.3, 0.4) is 0 Å². The molecule has 5 aliphatic carbocycles. The molecule has 0 heterocycles. The predicted molar refractivity (Wildman–Crippen MR) is 152 cm³/mol. The lowest BCUT2D eigenvalue weighted by atomic mass is 9.98. The Morgan fingerprint density at radius 1 is 0.576 bits per heavy atom. The van der Waals surface area contributed by atoms with Crippen molar-refractivity contribution < 1.29 is 0 Å². The molecule has 33 heavy (non-hydrogen) atoms. The summed E-state index contributed by atoms with van der Waals surface area (Å²) in [6.45, 7) is 5.08. The summed E-state index contributed by atoms with van der Waals surface area (Å²) < 4.78 is 0. The van der Waals surface area contributed by atoms with Crippen LogP contribution >= 0.6 is 15.8 Å². The second-order valence-electron chi connectivity index (χ2n) is 12.9. The molecule has 6 unspecified atom stereocenters. The summed E-state index contributed by atoms with van der Waals surface area (Å²) in [5.74, 6) is 2.33. The molecule has 0 aromatic rings. The molecule has 0 aromatic carbocycles. The summed E-state index contributed by atoms with van der Waals surface area (Å²) in [4.78, 5) is 0. The molecule has 0 aliphatic heterocycles. The maximum Gasteiger partial charge on any atom is -0.0105 e. The Balaban J connectivity index is 1.48. The minimum Gasteiger partial charge on any atom is -0.0962 e. The highest BCUT2D eigenvalue weighted by Gasteiger charge is 2.56. The summed E-state index contributed by atoms with van der Waals surface area (Å²) >= 11 is 0. The SMILES string of the molecule is CCCC(CC)P(C1CCCCC1)C1C2CCC(C2)C1P(C1CCCCC1)C1CCCCC1. The number of fused-ring (bicyclic) bond motifs is 2. The monoisotopic (exact) mass is 490 g/mol. The van der Waals surface area contributed by atoms with E-state index in [1.54, 1.807) is 122 Å². The molecule has 0 amide bonds. The predicted octanol–water partition coefficient (Wildman–Crippen LogP) is 10.7. The first-order valence-electron chi connectivity index (χ1n) is 15.9. The number of rotatable bonds is 9. The molecule has 5 rings (SSSR count). The smallest absolute Gasteiger partial charge is 0.0105 e. The summed E-state index contributed by atoms with van der Waals surface area (Å²) in [5, 5.41) is 0. The van der Waals surface area contributed by atoms with E-state index in [1.165, 1.54) is 41.4 Å². The van der Waals surface area contributed by atoms with Crippen molar-refractivity contribution in [3.05, 3.63) is 0 Å². The lowest BCUT2D eigenvalue weighted by Gasteiger charge is -2.52. The number of hydrogen-bond donors (Lipinski definition) is 0. The third-order valence-corrected chi connectivity index (χ3v) is 19.7. The van der Waals surface area contributed by atoms with Crippen LogP contribution < -0.4 is 0 Å². The molecule has 5 aliphatic rings. The average Bonchev–Trinajstić information content (AvgIpc) is 3.49. The molecule has 190 valence electrons. The van der Waals surface area contributed by atoms with E-state index < -0.39 is 0 Å². The summed E-state index contributed by atoms with van der Waals surface area (Å²) in [6, 6.07) is 0. The average molecular weight is 491 g/mol. The van der Waals surface area contributed by atoms with Crippen LogP contribution in [0.2, 0.25) is 0 Å². The molecule has 0 radical (unpaired) electrons. The van der Waals surface area contributed by atoms with Gasteiger partial charge in [-0.15, -0.1) is 0 Å². The molecular weight excluding hydrogens is 434 g/mol. The van der Waals surface area contributed by atoms with E-state index in [4.69, 9.17) is 0 Å². The van der Waals surface area contributed by atoms with Crippen molar-refractivity contribution in [2.75, 3.05) is 0 Å². The molecule has 5 saturated carbocycles. The van der Waals surface area contributed by atoms with E-state index in [9.17, 15) is 0 Å². The minimum absolute atomic E-state index is 0.238. The molecule has 0 N–H and O–H groups in total. The van der Waals surface area contributed by atoms with Crippen molar-refractivity contribution in [1.29, 1.82) is 0 Å². The summed E-state index contributed by atoms with van der Waals surface area (Å²) in [5.41, 5.74) is 7.06. The maximum atomic E-state index is 2.59. The second kappa shape index (κ2) is 12.4. The van der Waals surface area contributed by atoms with Crippen molar-refractivity contribution in [3.8, 4) is 0 Å². The molecule has 0 nitrogen and oxygen atoms in total. The lowest BCUT2D eigenvalue weighted by Crippen LogP contribution is -2.40. The van der Waals surface area contributed by atoms with Crippen LogP contribution in [0, 0.1) is 11.8 Å². The molecule has 0 spiro atoms. The zero-order chi connectivity index (χ0) is 22.6. The van der Waals surface area contributed by atoms with E-state index in [0.29, 0.717) is 0 Å². The van der Waals surface area contributed by atoms with Crippen LogP contribution in [0.1, 0.15) is 149 Å². The van der Waals surface area contributed by atoms with Crippen molar-refractivity contribution in [1.82, 2.24) is 0 Å². The van der Waals surface area contributed by atoms with Gasteiger partial charge in [0.25, 0.3) is 0 Å². The van der Waals surface area contributed by atoms with Gasteiger partial charge in [0.2, 0.25) is 0 Å². The van der Waals surface area contributed by atoms with Gasteiger partial charge in [0, 0.05) is 0 Å². The van der Waals surface area contributed by atoms with Crippen molar-refractivity contribution in [2.24, 2.45) is 11.8 Å². The zero-order valence-corrected chi connectivity index (χ0v) is 24.2. The van der Waals surface area contributed by atoms with Gasteiger partial charge in [-0.05, 0) is 116 Å². The Morgan fingerprint density at radius 2 is 1.06 bits per heavy atom. The quantitative estimate of drug-likeness (QED) is 0.282. The van der Waals surface area contributed by atoms with Crippen LogP contribution in [0.5, 0.6) is 0 Å². The fourth-order valence-electron chi connectivity index (χ4n) is 9.68. The third-order valence-electron chi connectivity index (χ3n) is 11.0. The highest BCUT2D eigenvalue weighted by atomic mass is 31.1.